The van der Waals surface area contributed by atoms with E-state index in [0.29, 0.717) is 6.42 Å². The zero-order chi connectivity index (χ0) is 33.5. The Morgan fingerprint density at radius 1 is 1.17 bits per heavy atom. The SMILES string of the molecule is CCC12CO[C@@H]([C@H](n3cnc4c(=O)[nH]c(N)nc43)O1)[C@@H]2OP(=O)(S)OC[C@H]1O[C@@H](n2cnc3c(N)ncnc32)[C@H](F)[C@@H]1OP(O)(O)=S. The van der Waals surface area contributed by atoms with Crippen molar-refractivity contribution < 1.29 is 46.5 Å². The van der Waals surface area contributed by atoms with Crippen LogP contribution in [-0.2, 0) is 44.2 Å². The lowest BCUT2D eigenvalue weighted by molar-refractivity contribution is -0.172. The molecule has 47 heavy (non-hydrogen) atoms. The first kappa shape index (κ1) is 32.9. The molecule has 2 bridgehead atoms. The molecule has 7 rings (SSSR count). The summed E-state index contributed by atoms with van der Waals surface area (Å²) in [5.41, 5.74) is 10.4. The maximum atomic E-state index is 15.8. The Labute approximate surface area is 272 Å². The van der Waals surface area contributed by atoms with Crippen LogP contribution in [0.3, 0.4) is 0 Å². The van der Waals surface area contributed by atoms with Gasteiger partial charge in [-0.05, 0) is 18.2 Å². The molecule has 7 heterocycles. The van der Waals surface area contributed by atoms with E-state index >= 15 is 4.39 Å². The highest BCUT2D eigenvalue weighted by Gasteiger charge is 2.64. The molecule has 7 N–H and O–H groups in total. The molecule has 254 valence electrons. The van der Waals surface area contributed by atoms with E-state index in [4.69, 9.17) is 39.2 Å². The van der Waals surface area contributed by atoms with Gasteiger partial charge in [0, 0.05) is 0 Å². The predicted octanol–water partition coefficient (Wildman–Crippen LogP) is 0.470. The van der Waals surface area contributed by atoms with Crippen LogP contribution in [-0.4, -0.2) is 98.2 Å². The molecule has 3 aliphatic heterocycles. The van der Waals surface area contributed by atoms with Crippen LogP contribution in [0.5, 0.6) is 0 Å². The molecule has 3 aliphatic rings. The Balaban J connectivity index is 1.11. The topological polar surface area (TPSA) is 272 Å². The Morgan fingerprint density at radius 2 is 1.89 bits per heavy atom. The molecule has 3 fully saturated rings. The number of aromatic nitrogens is 8. The lowest BCUT2D eigenvalue weighted by Crippen LogP contribution is -2.40. The Bertz CT molecular complexity index is 2010. The number of hydrogen-bond donors (Lipinski definition) is 6. The molecule has 2 unspecified atom stereocenters. The highest BCUT2D eigenvalue weighted by Crippen LogP contribution is 2.60. The van der Waals surface area contributed by atoms with Crippen LogP contribution in [0.4, 0.5) is 16.2 Å². The van der Waals surface area contributed by atoms with Gasteiger partial charge >= 0.3 is 13.5 Å². The van der Waals surface area contributed by atoms with Gasteiger partial charge in [0.25, 0.3) is 5.56 Å². The van der Waals surface area contributed by atoms with Gasteiger partial charge < -0.3 is 35.5 Å². The van der Waals surface area contributed by atoms with Crippen molar-refractivity contribution in [3.63, 3.8) is 0 Å². The van der Waals surface area contributed by atoms with E-state index in [2.05, 4.69) is 54.0 Å². The van der Waals surface area contributed by atoms with Crippen LogP contribution in [0.25, 0.3) is 22.3 Å². The first-order chi connectivity index (χ1) is 22.2. The fourth-order valence-electron chi connectivity index (χ4n) is 5.97. The van der Waals surface area contributed by atoms with Gasteiger partial charge in [-0.15, -0.1) is 0 Å². The summed E-state index contributed by atoms with van der Waals surface area (Å²) >= 11 is 8.73. The summed E-state index contributed by atoms with van der Waals surface area (Å²) in [7, 11) is 0. The summed E-state index contributed by atoms with van der Waals surface area (Å²) in [5, 5.41) is 0. The summed E-state index contributed by atoms with van der Waals surface area (Å²) in [4.78, 5) is 54.7. The third kappa shape index (κ3) is 5.77. The van der Waals surface area contributed by atoms with Gasteiger partial charge in [0.05, 0.1) is 25.9 Å². The van der Waals surface area contributed by atoms with Crippen LogP contribution in [0.1, 0.15) is 25.8 Å². The molecule has 3 saturated heterocycles. The van der Waals surface area contributed by atoms with Gasteiger partial charge in [0.15, 0.2) is 41.3 Å². The van der Waals surface area contributed by atoms with Crippen LogP contribution in [0.2, 0.25) is 0 Å². The lowest BCUT2D eigenvalue weighted by Gasteiger charge is -2.31. The number of nitrogen functional groups attached to an aromatic ring is 2. The van der Waals surface area contributed by atoms with Crippen molar-refractivity contribution in [1.82, 2.24) is 39.0 Å². The van der Waals surface area contributed by atoms with Gasteiger partial charge in [-0.2, -0.15) is 4.98 Å². The standard InChI is InChI=1S/C22H27FN10O10P2S2/c1-2-22-4-38-13(20(41-22)33-7-29-11-17(33)30-21(25)31-18(11)34)14(22)43-45(37,47)39-3-8-12(42-44(35,36)46)9(23)19(40-8)32-6-28-10-15(24)26-5-27-16(10)32/h5-9,12-14,19-20H,2-4H2,1H3,(H,37,47)(H2,24,26,27)(H2,35,36,46)(H3,25,30,31,34)/t8-,9-,12-,13-,14+,19-,20-,22?,45?/m1/s1. The molecule has 0 aromatic carbocycles. The minimum absolute atomic E-state index is 0.0190. The Morgan fingerprint density at radius 3 is 2.62 bits per heavy atom. The third-order valence-electron chi connectivity index (χ3n) is 8.13. The molecule has 0 amide bonds. The van der Waals surface area contributed by atoms with E-state index in [1.54, 1.807) is 0 Å². The number of nitrogens with zero attached hydrogens (tertiary/aromatic N) is 7. The molecule has 0 radical (unpaired) electrons. The molecule has 4 aromatic rings. The van der Waals surface area contributed by atoms with Crippen LogP contribution < -0.4 is 17.0 Å². The molecule has 0 saturated carbocycles. The van der Waals surface area contributed by atoms with E-state index in [1.165, 1.54) is 21.8 Å². The number of hydrogen-bond acceptors (Lipinski definition) is 16. The van der Waals surface area contributed by atoms with Crippen LogP contribution in [0.15, 0.2) is 23.8 Å². The zero-order valence-electron chi connectivity index (χ0n) is 24.0. The number of halogens is 1. The number of aromatic amines is 1. The normalized spacial score (nSPS) is 32.1. The van der Waals surface area contributed by atoms with E-state index in [-0.39, 0.29) is 40.7 Å². The van der Waals surface area contributed by atoms with Crippen molar-refractivity contribution in [3.05, 3.63) is 29.3 Å². The summed E-state index contributed by atoms with van der Waals surface area (Å²) < 4.78 is 66.9. The molecule has 4 aromatic heterocycles. The van der Waals surface area contributed by atoms with Gasteiger partial charge in [-0.1, -0.05) is 19.2 Å². The second-order valence-corrected chi connectivity index (χ2v) is 16.4. The number of nitrogens with one attached hydrogen (secondary N) is 1. The van der Waals surface area contributed by atoms with Crippen molar-refractivity contribution in [2.75, 3.05) is 24.7 Å². The largest absolute Gasteiger partial charge is 0.386 e. The second-order valence-electron chi connectivity index (χ2n) is 10.9. The predicted molar refractivity (Wildman–Crippen MR) is 165 cm³/mol. The fourth-order valence-corrected chi connectivity index (χ4v) is 8.34. The highest BCUT2D eigenvalue weighted by atomic mass is 32.7. The molecule has 20 nitrogen and oxygen atoms in total. The average Bonchev–Trinajstić information content (AvgIpc) is 3.80. The van der Waals surface area contributed by atoms with Gasteiger partial charge in [-0.25, -0.2) is 28.9 Å². The monoisotopic (exact) mass is 736 g/mol. The van der Waals surface area contributed by atoms with Gasteiger partial charge in [0.1, 0.15) is 41.9 Å². The number of thiol groups is 1. The van der Waals surface area contributed by atoms with E-state index in [1.807, 2.05) is 6.92 Å². The molecular formula is C22H27FN10O10P2S2. The van der Waals surface area contributed by atoms with E-state index in [0.717, 1.165) is 6.33 Å². The van der Waals surface area contributed by atoms with Crippen molar-refractivity contribution in [2.45, 2.75) is 62.0 Å². The lowest BCUT2D eigenvalue weighted by atomic mass is 9.96. The number of alkyl halides is 1. The molecule has 9 atom stereocenters. The third-order valence-corrected chi connectivity index (χ3v) is 10.5. The maximum Gasteiger partial charge on any atom is 0.386 e. The molecule has 25 heteroatoms. The first-order valence-corrected chi connectivity index (χ1v) is 19.2. The van der Waals surface area contributed by atoms with E-state index < -0.39 is 74.3 Å². The Kier molecular flexibility index (Phi) is 8.21. The van der Waals surface area contributed by atoms with Crippen molar-refractivity contribution in [2.24, 2.45) is 0 Å². The second kappa shape index (κ2) is 11.7. The van der Waals surface area contributed by atoms with Crippen molar-refractivity contribution >= 4 is 71.7 Å². The van der Waals surface area contributed by atoms with E-state index in [9.17, 15) is 19.1 Å². The Hall–Kier alpha value is -2.66. The quantitative estimate of drug-likeness (QED) is 0.0954. The number of fused-ring (bicyclic) bond motifs is 4. The fraction of sp³-hybridized carbons (Fsp3) is 0.545. The number of ether oxygens (including phenoxy) is 3. The number of anilines is 2. The minimum atomic E-state index is -4.42. The number of H-pyrrole nitrogens is 1. The smallest absolute Gasteiger partial charge is 0.382 e. The molecule has 0 spiro atoms. The summed E-state index contributed by atoms with van der Waals surface area (Å²) in [5.74, 6) is -0.0920. The summed E-state index contributed by atoms with van der Waals surface area (Å²) in [6.45, 7) is -7.50. The van der Waals surface area contributed by atoms with Crippen LogP contribution >= 0.6 is 25.8 Å². The zero-order valence-corrected chi connectivity index (χ0v) is 27.5. The van der Waals surface area contributed by atoms with Gasteiger partial charge in [0.2, 0.25) is 5.95 Å². The maximum absolute atomic E-state index is 15.8. The molecular weight excluding hydrogens is 709 g/mol. The highest BCUT2D eigenvalue weighted by molar-refractivity contribution is 8.44. The number of nitrogens with two attached hydrogens (primary N) is 2. The average molecular weight is 737 g/mol. The number of rotatable bonds is 10. The van der Waals surface area contributed by atoms with Crippen molar-refractivity contribution in [1.29, 1.82) is 0 Å². The number of imidazole rings is 2. The first-order valence-electron chi connectivity index (χ1n) is 13.8. The summed E-state index contributed by atoms with van der Waals surface area (Å²) in [6, 6.07) is 0. The van der Waals surface area contributed by atoms with Crippen molar-refractivity contribution in [3.8, 4) is 0 Å². The van der Waals surface area contributed by atoms with Gasteiger partial charge in [-0.3, -0.25) is 32.5 Å². The molecule has 0 aliphatic carbocycles. The summed E-state index contributed by atoms with van der Waals surface area (Å²) in [6.07, 6.45) is -5.35. The van der Waals surface area contributed by atoms with Crippen LogP contribution in [0, 0.1) is 0 Å². The minimum Gasteiger partial charge on any atom is -0.382 e.